The lowest BCUT2D eigenvalue weighted by molar-refractivity contribution is 0.0659. The van der Waals surface area contributed by atoms with Crippen LogP contribution in [-0.2, 0) is 0 Å². The lowest BCUT2D eigenvalue weighted by atomic mass is 9.89. The molecule has 0 radical (unpaired) electrons. The monoisotopic (exact) mass is 267 g/mol. The van der Waals surface area contributed by atoms with Gasteiger partial charge in [-0.2, -0.15) is 0 Å². The van der Waals surface area contributed by atoms with Gasteiger partial charge < -0.3 is 14.8 Å². The van der Waals surface area contributed by atoms with Crippen LogP contribution in [0.2, 0.25) is 0 Å². The molecule has 19 heavy (non-hydrogen) atoms. The molecule has 1 unspecified atom stereocenters. The van der Waals surface area contributed by atoms with E-state index in [-0.39, 0.29) is 28.9 Å². The summed E-state index contributed by atoms with van der Waals surface area (Å²) in [6.07, 6.45) is 1.86. The number of rotatable bonds is 5. The third kappa shape index (κ3) is 5.16. The quantitative estimate of drug-likeness (QED) is 0.859. The Morgan fingerprint density at radius 2 is 1.89 bits per heavy atom. The Kier molecular flexibility index (Phi) is 4.75. The lowest BCUT2D eigenvalue weighted by Gasteiger charge is -2.21. The summed E-state index contributed by atoms with van der Waals surface area (Å²) in [7, 11) is 0. The highest BCUT2D eigenvalue weighted by atomic mass is 16.4. The van der Waals surface area contributed by atoms with Crippen molar-refractivity contribution in [3.8, 4) is 0 Å². The molecule has 0 aromatic carbocycles. The van der Waals surface area contributed by atoms with Gasteiger partial charge >= 0.3 is 5.97 Å². The van der Waals surface area contributed by atoms with E-state index in [2.05, 4.69) is 26.1 Å². The van der Waals surface area contributed by atoms with Crippen molar-refractivity contribution in [1.82, 2.24) is 5.32 Å². The second-order valence-electron chi connectivity index (χ2n) is 5.94. The highest BCUT2D eigenvalue weighted by molar-refractivity contribution is 5.93. The zero-order valence-electron chi connectivity index (χ0n) is 11.8. The van der Waals surface area contributed by atoms with Gasteiger partial charge in [0.1, 0.15) is 0 Å². The predicted octanol–water partition coefficient (Wildman–Crippen LogP) is 2.92. The molecule has 1 heterocycles. The maximum atomic E-state index is 11.8. The van der Waals surface area contributed by atoms with Gasteiger partial charge in [-0.05, 0) is 37.3 Å². The fourth-order valence-corrected chi connectivity index (χ4v) is 1.59. The number of hydrogen-bond donors (Lipinski definition) is 2. The molecule has 0 bridgehead atoms. The lowest BCUT2D eigenvalue weighted by Crippen LogP contribution is -2.33. The maximum absolute atomic E-state index is 11.8. The summed E-state index contributed by atoms with van der Waals surface area (Å²) in [4.78, 5) is 22.5. The van der Waals surface area contributed by atoms with E-state index in [0.29, 0.717) is 0 Å². The zero-order chi connectivity index (χ0) is 14.6. The van der Waals surface area contributed by atoms with Gasteiger partial charge in [-0.1, -0.05) is 20.8 Å². The van der Waals surface area contributed by atoms with E-state index < -0.39 is 5.97 Å². The van der Waals surface area contributed by atoms with Crippen molar-refractivity contribution in [3.05, 3.63) is 23.7 Å². The number of amides is 1. The van der Waals surface area contributed by atoms with Crippen LogP contribution < -0.4 is 5.32 Å². The third-order valence-corrected chi connectivity index (χ3v) is 2.75. The summed E-state index contributed by atoms with van der Waals surface area (Å²) in [5.74, 6) is -1.76. The fourth-order valence-electron chi connectivity index (χ4n) is 1.59. The minimum Gasteiger partial charge on any atom is -0.475 e. The topological polar surface area (TPSA) is 79.5 Å². The number of nitrogens with one attached hydrogen (secondary N) is 1. The largest absolute Gasteiger partial charge is 0.475 e. The van der Waals surface area contributed by atoms with Gasteiger partial charge in [0.05, 0.1) is 0 Å². The molecule has 1 aromatic rings. The molecule has 0 aliphatic carbocycles. The van der Waals surface area contributed by atoms with Gasteiger partial charge in [0.15, 0.2) is 5.76 Å². The number of aromatic carboxylic acids is 1. The van der Waals surface area contributed by atoms with Crippen molar-refractivity contribution in [3.63, 3.8) is 0 Å². The molecular weight excluding hydrogens is 246 g/mol. The summed E-state index contributed by atoms with van der Waals surface area (Å²) in [6.45, 7) is 8.36. The van der Waals surface area contributed by atoms with E-state index in [4.69, 9.17) is 9.52 Å². The Bertz CT molecular complexity index is 456. The van der Waals surface area contributed by atoms with Crippen LogP contribution in [0.4, 0.5) is 0 Å². The summed E-state index contributed by atoms with van der Waals surface area (Å²) in [6, 6.07) is 2.66. The zero-order valence-corrected chi connectivity index (χ0v) is 11.8. The molecule has 106 valence electrons. The minimum atomic E-state index is -1.18. The first kappa shape index (κ1) is 15.3. The van der Waals surface area contributed by atoms with Crippen LogP contribution in [0.25, 0.3) is 0 Å². The molecule has 1 atom stereocenters. The van der Waals surface area contributed by atoms with Gasteiger partial charge in [0, 0.05) is 6.04 Å². The first-order chi connectivity index (χ1) is 8.69. The molecule has 0 spiro atoms. The van der Waals surface area contributed by atoms with E-state index in [1.807, 2.05) is 6.92 Å². The maximum Gasteiger partial charge on any atom is 0.371 e. The van der Waals surface area contributed by atoms with E-state index >= 15 is 0 Å². The first-order valence-corrected chi connectivity index (χ1v) is 6.33. The van der Waals surface area contributed by atoms with E-state index in [0.717, 1.165) is 12.8 Å². The van der Waals surface area contributed by atoms with Crippen LogP contribution in [0.15, 0.2) is 16.5 Å². The second kappa shape index (κ2) is 5.91. The van der Waals surface area contributed by atoms with E-state index in [1.165, 1.54) is 12.1 Å². The van der Waals surface area contributed by atoms with Crippen molar-refractivity contribution in [2.75, 3.05) is 0 Å². The fraction of sp³-hybridized carbons (Fsp3) is 0.571. The number of carbonyl (C=O) groups is 2. The molecule has 1 amide bonds. The molecule has 5 nitrogen and oxygen atoms in total. The average Bonchev–Trinajstić information content (AvgIpc) is 2.74. The molecule has 1 rings (SSSR count). The van der Waals surface area contributed by atoms with Crippen LogP contribution in [0.3, 0.4) is 0 Å². The van der Waals surface area contributed by atoms with E-state index in [9.17, 15) is 9.59 Å². The molecule has 0 fully saturated rings. The predicted molar refractivity (Wildman–Crippen MR) is 71.3 cm³/mol. The number of furan rings is 1. The van der Waals surface area contributed by atoms with Crippen LogP contribution in [-0.4, -0.2) is 23.0 Å². The third-order valence-electron chi connectivity index (χ3n) is 2.75. The Morgan fingerprint density at radius 1 is 1.32 bits per heavy atom. The minimum absolute atomic E-state index is 0.0186. The standard InChI is InChI=1S/C14H21NO4/c1-9(7-8-14(2,3)4)15-12(16)10-5-6-11(19-10)13(17)18/h5-6,9H,7-8H2,1-4H3,(H,15,16)(H,17,18). The molecular formula is C14H21NO4. The van der Waals surface area contributed by atoms with Gasteiger partial charge in [0.25, 0.3) is 5.91 Å². The van der Waals surface area contributed by atoms with Gasteiger partial charge in [-0.3, -0.25) is 4.79 Å². The summed E-state index contributed by atoms with van der Waals surface area (Å²) in [5.41, 5.74) is 0.222. The molecule has 2 N–H and O–H groups in total. The van der Waals surface area contributed by atoms with Gasteiger partial charge in [-0.15, -0.1) is 0 Å². The highest BCUT2D eigenvalue weighted by Crippen LogP contribution is 2.21. The second-order valence-corrected chi connectivity index (χ2v) is 5.94. The van der Waals surface area contributed by atoms with E-state index in [1.54, 1.807) is 0 Å². The summed E-state index contributed by atoms with van der Waals surface area (Å²) in [5, 5.41) is 11.5. The molecule has 0 aliphatic heterocycles. The Labute approximate surface area is 113 Å². The molecule has 0 saturated carbocycles. The van der Waals surface area contributed by atoms with Crippen molar-refractivity contribution < 1.29 is 19.1 Å². The molecule has 0 aliphatic rings. The van der Waals surface area contributed by atoms with Gasteiger partial charge in [-0.25, -0.2) is 4.79 Å². The van der Waals surface area contributed by atoms with Crippen molar-refractivity contribution >= 4 is 11.9 Å². The Hall–Kier alpha value is -1.78. The number of carbonyl (C=O) groups excluding carboxylic acids is 1. The summed E-state index contributed by atoms with van der Waals surface area (Å²) < 4.78 is 4.94. The van der Waals surface area contributed by atoms with Crippen molar-refractivity contribution in [1.29, 1.82) is 0 Å². The molecule has 5 heteroatoms. The molecule has 1 aromatic heterocycles. The number of carboxylic acid groups (broad SMARTS) is 1. The Morgan fingerprint density at radius 3 is 2.37 bits per heavy atom. The van der Waals surface area contributed by atoms with Crippen molar-refractivity contribution in [2.24, 2.45) is 5.41 Å². The van der Waals surface area contributed by atoms with Gasteiger partial charge in [0.2, 0.25) is 5.76 Å². The molecule has 0 saturated heterocycles. The normalized spacial score (nSPS) is 13.1. The Balaban J connectivity index is 2.52. The summed E-state index contributed by atoms with van der Waals surface area (Å²) >= 11 is 0. The smallest absolute Gasteiger partial charge is 0.371 e. The SMILES string of the molecule is CC(CCC(C)(C)C)NC(=O)c1ccc(C(=O)O)o1. The number of hydrogen-bond acceptors (Lipinski definition) is 3. The van der Waals surface area contributed by atoms with Crippen LogP contribution >= 0.6 is 0 Å². The van der Waals surface area contributed by atoms with Crippen LogP contribution in [0.5, 0.6) is 0 Å². The highest BCUT2D eigenvalue weighted by Gasteiger charge is 2.18. The van der Waals surface area contributed by atoms with Crippen LogP contribution in [0, 0.1) is 5.41 Å². The number of carboxylic acids is 1. The first-order valence-electron chi connectivity index (χ1n) is 6.33. The van der Waals surface area contributed by atoms with Crippen molar-refractivity contribution in [2.45, 2.75) is 46.6 Å². The average molecular weight is 267 g/mol. The van der Waals surface area contributed by atoms with Crippen LogP contribution in [0.1, 0.15) is 61.6 Å².